The van der Waals surface area contributed by atoms with Crippen LogP contribution in [0, 0.1) is 6.92 Å². The maximum Gasteiger partial charge on any atom is 0.0801 e. The Balaban J connectivity index is 0.00000132. The predicted octanol–water partition coefficient (Wildman–Crippen LogP) is 4.43. The molecule has 2 nitrogen and oxygen atoms in total. The molecule has 4 rings (SSSR count). The second-order valence-corrected chi connectivity index (χ2v) is 7.24. The van der Waals surface area contributed by atoms with Gasteiger partial charge in [0.2, 0.25) is 0 Å². The minimum atomic E-state index is 0. The topological polar surface area (TPSA) is 16.1 Å². The highest BCUT2D eigenvalue weighted by atomic mass is 79.9. The van der Waals surface area contributed by atoms with Crippen molar-refractivity contribution >= 4 is 28.3 Å². The van der Waals surface area contributed by atoms with Crippen LogP contribution in [-0.4, -0.2) is 29.5 Å². The first-order chi connectivity index (χ1) is 9.75. The molecular formula is C17H21BrN2S. The number of hydrogen-bond acceptors (Lipinski definition) is 3. The van der Waals surface area contributed by atoms with E-state index in [-0.39, 0.29) is 17.0 Å². The van der Waals surface area contributed by atoms with Gasteiger partial charge in [-0.15, -0.1) is 28.3 Å². The van der Waals surface area contributed by atoms with Crippen molar-refractivity contribution in [2.75, 3.05) is 19.6 Å². The highest BCUT2D eigenvalue weighted by Crippen LogP contribution is 2.42. The summed E-state index contributed by atoms with van der Waals surface area (Å²) in [4.78, 5) is 8.63. The lowest BCUT2D eigenvalue weighted by molar-refractivity contribution is 0.243. The van der Waals surface area contributed by atoms with Crippen molar-refractivity contribution in [1.82, 2.24) is 9.88 Å². The Hall–Kier alpha value is -0.710. The van der Waals surface area contributed by atoms with Crippen LogP contribution in [0.5, 0.6) is 0 Å². The molecule has 4 heteroatoms. The summed E-state index contributed by atoms with van der Waals surface area (Å²) in [5.74, 6) is 0. The van der Waals surface area contributed by atoms with Crippen LogP contribution in [0.3, 0.4) is 0 Å². The predicted molar refractivity (Wildman–Crippen MR) is 94.6 cm³/mol. The van der Waals surface area contributed by atoms with E-state index in [1.54, 1.807) is 11.3 Å². The van der Waals surface area contributed by atoms with E-state index in [0.717, 1.165) is 5.69 Å². The second kappa shape index (κ2) is 5.82. The molecule has 4 heterocycles. The molecule has 0 spiro atoms. The molecule has 0 saturated carbocycles. The first-order valence-electron chi connectivity index (χ1n) is 7.50. The van der Waals surface area contributed by atoms with Gasteiger partial charge in [0.1, 0.15) is 0 Å². The van der Waals surface area contributed by atoms with Crippen LogP contribution in [0.15, 0.2) is 29.8 Å². The fourth-order valence-electron chi connectivity index (χ4n) is 3.79. The van der Waals surface area contributed by atoms with E-state index in [4.69, 9.17) is 4.98 Å². The van der Waals surface area contributed by atoms with Crippen LogP contribution in [0.2, 0.25) is 0 Å². The number of hydrogen-bond donors (Lipinski definition) is 0. The zero-order valence-corrected chi connectivity index (χ0v) is 14.9. The first kappa shape index (κ1) is 15.2. The minimum absolute atomic E-state index is 0. The molecule has 2 bridgehead atoms. The molecule has 0 radical (unpaired) electrons. The van der Waals surface area contributed by atoms with Gasteiger partial charge in [0.25, 0.3) is 0 Å². The number of pyridine rings is 1. The van der Waals surface area contributed by atoms with Gasteiger partial charge in [-0.2, -0.15) is 0 Å². The van der Waals surface area contributed by atoms with E-state index < -0.39 is 0 Å². The number of aryl methyl sites for hydroxylation is 1. The summed E-state index contributed by atoms with van der Waals surface area (Å²) in [6.45, 7) is 5.95. The third-order valence-electron chi connectivity index (χ3n) is 4.92. The average molecular weight is 365 g/mol. The van der Waals surface area contributed by atoms with E-state index in [0.29, 0.717) is 5.41 Å². The normalized spacial score (nSPS) is 27.4. The van der Waals surface area contributed by atoms with Gasteiger partial charge in [-0.1, -0.05) is 6.07 Å². The van der Waals surface area contributed by atoms with Gasteiger partial charge >= 0.3 is 0 Å². The van der Waals surface area contributed by atoms with Crippen molar-refractivity contribution in [3.8, 4) is 10.6 Å². The summed E-state index contributed by atoms with van der Waals surface area (Å²) in [6, 6.07) is 6.77. The Morgan fingerprint density at radius 1 is 1.24 bits per heavy atom. The second-order valence-electron chi connectivity index (χ2n) is 6.33. The third-order valence-corrected chi connectivity index (χ3v) is 5.99. The lowest BCUT2D eigenvalue weighted by atomic mass is 9.75. The number of thiophene rings is 1. The van der Waals surface area contributed by atoms with Crippen LogP contribution in [0.4, 0.5) is 0 Å². The molecule has 2 fully saturated rings. The molecule has 2 aliphatic rings. The molecule has 2 aromatic rings. The van der Waals surface area contributed by atoms with E-state index in [1.807, 2.05) is 0 Å². The summed E-state index contributed by atoms with van der Waals surface area (Å²) in [5.41, 5.74) is 4.30. The van der Waals surface area contributed by atoms with Crippen molar-refractivity contribution in [1.29, 1.82) is 0 Å². The summed E-state index contributed by atoms with van der Waals surface area (Å²) >= 11 is 1.79. The Morgan fingerprint density at radius 2 is 2.14 bits per heavy atom. The molecule has 2 atom stereocenters. The van der Waals surface area contributed by atoms with Crippen molar-refractivity contribution in [2.24, 2.45) is 0 Å². The lowest BCUT2D eigenvalue weighted by Gasteiger charge is -2.34. The van der Waals surface area contributed by atoms with Crippen molar-refractivity contribution in [3.63, 3.8) is 0 Å². The summed E-state index contributed by atoms with van der Waals surface area (Å²) in [6.07, 6.45) is 6.12. The highest BCUT2D eigenvalue weighted by molar-refractivity contribution is 8.93. The number of piperidine rings is 1. The molecule has 2 aromatic heterocycles. The Bertz CT molecular complexity index is 618. The van der Waals surface area contributed by atoms with Crippen LogP contribution >= 0.6 is 28.3 Å². The molecule has 112 valence electrons. The van der Waals surface area contributed by atoms with Crippen molar-refractivity contribution in [3.05, 3.63) is 40.9 Å². The summed E-state index contributed by atoms with van der Waals surface area (Å²) in [7, 11) is 0. The number of nitrogens with zero attached hydrogens (tertiary/aromatic N) is 2. The van der Waals surface area contributed by atoms with E-state index in [9.17, 15) is 0 Å². The smallest absolute Gasteiger partial charge is 0.0801 e. The Morgan fingerprint density at radius 3 is 2.86 bits per heavy atom. The van der Waals surface area contributed by atoms with E-state index in [2.05, 4.69) is 41.6 Å². The minimum Gasteiger partial charge on any atom is -0.302 e. The van der Waals surface area contributed by atoms with Crippen molar-refractivity contribution < 1.29 is 0 Å². The van der Waals surface area contributed by atoms with E-state index >= 15 is 0 Å². The van der Waals surface area contributed by atoms with Crippen LogP contribution in [0.25, 0.3) is 10.6 Å². The largest absolute Gasteiger partial charge is 0.302 e. The average Bonchev–Trinajstić information content (AvgIpc) is 3.04. The number of fused-ring (bicyclic) bond motifs is 2. The van der Waals surface area contributed by atoms with Crippen LogP contribution < -0.4 is 0 Å². The van der Waals surface area contributed by atoms with Gasteiger partial charge in [0.05, 0.1) is 10.6 Å². The number of halogens is 1. The quantitative estimate of drug-likeness (QED) is 0.783. The van der Waals surface area contributed by atoms with Crippen molar-refractivity contribution in [2.45, 2.75) is 31.6 Å². The van der Waals surface area contributed by atoms with Gasteiger partial charge in [-0.05, 0) is 67.9 Å². The summed E-state index contributed by atoms with van der Waals surface area (Å²) in [5, 5.41) is 2.19. The van der Waals surface area contributed by atoms with Gasteiger partial charge in [-0.3, -0.25) is 4.98 Å². The first-order valence-corrected chi connectivity index (χ1v) is 8.38. The maximum absolute atomic E-state index is 4.74. The summed E-state index contributed by atoms with van der Waals surface area (Å²) < 4.78 is 0. The lowest BCUT2D eigenvalue weighted by Crippen LogP contribution is -2.36. The Kier molecular flexibility index (Phi) is 4.21. The molecule has 0 N–H and O–H groups in total. The molecule has 0 aromatic carbocycles. The molecule has 2 aliphatic heterocycles. The van der Waals surface area contributed by atoms with Gasteiger partial charge in [0.15, 0.2) is 0 Å². The molecule has 0 aliphatic carbocycles. The molecule has 2 unspecified atom stereocenters. The van der Waals surface area contributed by atoms with Gasteiger partial charge in [-0.25, -0.2) is 0 Å². The molecular weight excluding hydrogens is 344 g/mol. The molecule has 21 heavy (non-hydrogen) atoms. The van der Waals surface area contributed by atoms with E-state index in [1.165, 1.54) is 54.9 Å². The number of rotatable bonds is 2. The SMILES string of the molecule is Br.Cc1csc(-c2ccc(C34CCCN(CC3)C4)cn2)c1. The zero-order chi connectivity index (χ0) is 13.6. The highest BCUT2D eigenvalue weighted by Gasteiger charge is 2.42. The van der Waals surface area contributed by atoms with Gasteiger partial charge in [0, 0.05) is 18.2 Å². The third kappa shape index (κ3) is 2.69. The monoisotopic (exact) mass is 364 g/mol. The zero-order valence-electron chi connectivity index (χ0n) is 12.3. The molecule has 0 amide bonds. The maximum atomic E-state index is 4.74. The number of aromatic nitrogens is 1. The molecule has 2 saturated heterocycles. The van der Waals surface area contributed by atoms with Crippen LogP contribution in [-0.2, 0) is 5.41 Å². The fraction of sp³-hybridized carbons (Fsp3) is 0.471. The Labute approximate surface area is 141 Å². The van der Waals surface area contributed by atoms with Gasteiger partial charge < -0.3 is 4.90 Å². The fourth-order valence-corrected chi connectivity index (χ4v) is 4.67. The van der Waals surface area contributed by atoms with Crippen LogP contribution in [0.1, 0.15) is 30.4 Å². The standard InChI is InChI=1S/C17H20N2S.BrH/c1-13-9-16(20-11-13)15-4-3-14(10-18-15)17-5-2-7-19(12-17)8-6-17;/h3-4,9-11H,2,5-8,12H2,1H3;1H.